The summed E-state index contributed by atoms with van der Waals surface area (Å²) in [6, 6.07) is 18.7. The van der Waals surface area contributed by atoms with E-state index in [1.54, 1.807) is 18.0 Å². The number of hydrogen-bond donors (Lipinski definition) is 1. The Balaban J connectivity index is 1.69. The van der Waals surface area contributed by atoms with E-state index in [2.05, 4.69) is 63.4 Å². The minimum absolute atomic E-state index is 0.948. The van der Waals surface area contributed by atoms with Crippen LogP contribution in [-0.2, 0) is 0 Å². The minimum atomic E-state index is 0.948. The summed E-state index contributed by atoms with van der Waals surface area (Å²) in [7, 11) is 0. The van der Waals surface area contributed by atoms with Gasteiger partial charge >= 0.3 is 0 Å². The van der Waals surface area contributed by atoms with Crippen LogP contribution in [0.2, 0.25) is 0 Å². The minimum Gasteiger partial charge on any atom is -0.345 e. The fraction of sp³-hybridized carbons (Fsp3) is 0. The van der Waals surface area contributed by atoms with Gasteiger partial charge in [-0.3, -0.25) is 0 Å². The summed E-state index contributed by atoms with van der Waals surface area (Å²) in [5, 5.41) is 8.00. The third kappa shape index (κ3) is 3.33. The van der Waals surface area contributed by atoms with Gasteiger partial charge in [0.25, 0.3) is 0 Å². The van der Waals surface area contributed by atoms with E-state index in [4.69, 9.17) is 0 Å². The maximum Gasteiger partial charge on any atom is 0.134 e. The van der Waals surface area contributed by atoms with Crippen LogP contribution in [0.15, 0.2) is 70.6 Å². The Hall–Kier alpha value is -1.85. The first-order valence-electron chi connectivity index (χ1n) is 5.77. The highest BCUT2D eigenvalue weighted by Crippen LogP contribution is 2.29. The van der Waals surface area contributed by atoms with Gasteiger partial charge in [0.2, 0.25) is 0 Å². The zero-order chi connectivity index (χ0) is 12.9. The van der Waals surface area contributed by atoms with Crippen LogP contribution in [0.3, 0.4) is 0 Å². The van der Waals surface area contributed by atoms with Gasteiger partial charge in [0.15, 0.2) is 0 Å². The Morgan fingerprint density at radius 1 is 0.895 bits per heavy atom. The van der Waals surface area contributed by atoms with Gasteiger partial charge in [-0.2, -0.15) is 0 Å². The molecule has 0 spiro atoms. The fourth-order valence-electron chi connectivity index (χ4n) is 1.60. The summed E-state index contributed by atoms with van der Waals surface area (Å²) in [5.74, 6) is 0. The molecule has 0 fully saturated rings. The van der Waals surface area contributed by atoms with Crippen LogP contribution in [0, 0.1) is 0 Å². The standard InChI is InChI=1S/C14H11N3S2/c1-2-4-12(5-3-1)18-13-8-6-11(7-9-13)16-14-10-15-17-19-14/h1-10,16H. The normalized spacial score (nSPS) is 10.3. The molecule has 0 radical (unpaired) electrons. The Kier molecular flexibility index (Phi) is 3.76. The van der Waals surface area contributed by atoms with E-state index in [-0.39, 0.29) is 0 Å². The number of nitrogens with one attached hydrogen (secondary N) is 1. The first-order valence-corrected chi connectivity index (χ1v) is 7.36. The molecular weight excluding hydrogens is 274 g/mol. The Labute approximate surface area is 119 Å². The van der Waals surface area contributed by atoms with Crippen LogP contribution in [0.5, 0.6) is 0 Å². The molecule has 0 unspecified atom stereocenters. The number of rotatable bonds is 4. The highest BCUT2D eigenvalue weighted by atomic mass is 32.2. The molecule has 0 saturated carbocycles. The van der Waals surface area contributed by atoms with E-state index in [0.717, 1.165) is 10.7 Å². The second-order valence-electron chi connectivity index (χ2n) is 3.85. The number of hydrogen-bond acceptors (Lipinski definition) is 5. The second-order valence-corrected chi connectivity index (χ2v) is 5.78. The molecule has 3 rings (SSSR count). The molecule has 3 aromatic rings. The number of nitrogens with zero attached hydrogens (tertiary/aromatic N) is 2. The molecule has 0 saturated heterocycles. The van der Waals surface area contributed by atoms with Crippen LogP contribution >= 0.6 is 23.3 Å². The van der Waals surface area contributed by atoms with Crippen molar-refractivity contribution in [1.82, 2.24) is 9.59 Å². The molecule has 0 aliphatic rings. The number of aromatic nitrogens is 2. The van der Waals surface area contributed by atoms with Crippen LogP contribution in [-0.4, -0.2) is 9.59 Å². The quantitative estimate of drug-likeness (QED) is 0.769. The van der Waals surface area contributed by atoms with Gasteiger partial charge in [-0.15, -0.1) is 5.10 Å². The van der Waals surface area contributed by atoms with Gasteiger partial charge < -0.3 is 5.32 Å². The van der Waals surface area contributed by atoms with Crippen LogP contribution in [0.1, 0.15) is 0 Å². The summed E-state index contributed by atoms with van der Waals surface area (Å²) in [6.07, 6.45) is 1.72. The highest BCUT2D eigenvalue weighted by Gasteiger charge is 1.99. The maximum absolute atomic E-state index is 3.82. The van der Waals surface area contributed by atoms with Crippen LogP contribution < -0.4 is 5.32 Å². The average molecular weight is 285 g/mol. The number of benzene rings is 2. The summed E-state index contributed by atoms with van der Waals surface area (Å²) in [5.41, 5.74) is 1.04. The van der Waals surface area contributed by atoms with E-state index in [1.165, 1.54) is 21.3 Å². The molecule has 1 N–H and O–H groups in total. The van der Waals surface area contributed by atoms with Crippen molar-refractivity contribution in [2.75, 3.05) is 5.32 Å². The molecule has 3 nitrogen and oxygen atoms in total. The molecule has 94 valence electrons. The molecule has 0 amide bonds. The van der Waals surface area contributed by atoms with Crippen molar-refractivity contribution in [3.63, 3.8) is 0 Å². The third-order valence-corrected chi connectivity index (χ3v) is 4.06. The van der Waals surface area contributed by atoms with Crippen molar-refractivity contribution in [3.8, 4) is 0 Å². The SMILES string of the molecule is c1ccc(Sc2ccc(Nc3cnns3)cc2)cc1. The van der Waals surface area contributed by atoms with Crippen molar-refractivity contribution in [1.29, 1.82) is 0 Å². The molecule has 0 aliphatic heterocycles. The molecule has 5 heteroatoms. The lowest BCUT2D eigenvalue weighted by Crippen LogP contribution is -1.86. The Morgan fingerprint density at radius 3 is 2.32 bits per heavy atom. The first-order chi connectivity index (χ1) is 9.40. The predicted molar refractivity (Wildman–Crippen MR) is 80.2 cm³/mol. The van der Waals surface area contributed by atoms with E-state index in [9.17, 15) is 0 Å². The van der Waals surface area contributed by atoms with Gasteiger partial charge in [-0.05, 0) is 36.4 Å². The van der Waals surface area contributed by atoms with Crippen LogP contribution in [0.4, 0.5) is 10.7 Å². The monoisotopic (exact) mass is 285 g/mol. The number of anilines is 2. The molecule has 2 aromatic carbocycles. The fourth-order valence-corrected chi connectivity index (χ4v) is 2.87. The Bertz CT molecular complexity index is 622. The van der Waals surface area contributed by atoms with Gasteiger partial charge in [0, 0.05) is 27.0 Å². The summed E-state index contributed by atoms with van der Waals surface area (Å²) >= 11 is 3.10. The predicted octanol–water partition coefficient (Wildman–Crippen LogP) is 4.43. The average Bonchev–Trinajstić information content (AvgIpc) is 2.95. The lowest BCUT2D eigenvalue weighted by atomic mass is 10.3. The molecule has 0 atom stereocenters. The lowest BCUT2D eigenvalue weighted by molar-refractivity contribution is 1.16. The van der Waals surface area contributed by atoms with E-state index in [1.807, 2.05) is 6.07 Å². The second kappa shape index (κ2) is 5.86. The largest absolute Gasteiger partial charge is 0.345 e. The van der Waals surface area contributed by atoms with Gasteiger partial charge in [-0.1, -0.05) is 34.4 Å². The van der Waals surface area contributed by atoms with Crippen molar-refractivity contribution in [2.45, 2.75) is 9.79 Å². The molecule has 0 bridgehead atoms. The Morgan fingerprint density at radius 2 is 1.63 bits per heavy atom. The zero-order valence-electron chi connectivity index (χ0n) is 9.98. The summed E-state index contributed by atoms with van der Waals surface area (Å²) < 4.78 is 3.82. The summed E-state index contributed by atoms with van der Waals surface area (Å²) in [4.78, 5) is 2.47. The summed E-state index contributed by atoms with van der Waals surface area (Å²) in [6.45, 7) is 0. The van der Waals surface area contributed by atoms with E-state index < -0.39 is 0 Å². The van der Waals surface area contributed by atoms with Crippen molar-refractivity contribution < 1.29 is 0 Å². The molecule has 0 aliphatic carbocycles. The van der Waals surface area contributed by atoms with Crippen molar-refractivity contribution in [3.05, 3.63) is 60.8 Å². The molecular formula is C14H11N3S2. The molecule has 19 heavy (non-hydrogen) atoms. The van der Waals surface area contributed by atoms with Crippen LogP contribution in [0.25, 0.3) is 0 Å². The van der Waals surface area contributed by atoms with Gasteiger partial charge in [0.1, 0.15) is 5.00 Å². The third-order valence-electron chi connectivity index (χ3n) is 2.46. The van der Waals surface area contributed by atoms with E-state index in [0.29, 0.717) is 0 Å². The highest BCUT2D eigenvalue weighted by molar-refractivity contribution is 7.99. The lowest BCUT2D eigenvalue weighted by Gasteiger charge is -2.04. The van der Waals surface area contributed by atoms with E-state index >= 15 is 0 Å². The molecule has 1 heterocycles. The van der Waals surface area contributed by atoms with Crippen molar-refractivity contribution in [2.24, 2.45) is 0 Å². The van der Waals surface area contributed by atoms with Crippen molar-refractivity contribution >= 4 is 34.0 Å². The van der Waals surface area contributed by atoms with Gasteiger partial charge in [-0.25, -0.2) is 0 Å². The molecule has 1 aromatic heterocycles. The first kappa shape index (κ1) is 12.2. The van der Waals surface area contributed by atoms with Gasteiger partial charge in [0.05, 0.1) is 6.20 Å². The zero-order valence-corrected chi connectivity index (χ0v) is 11.6. The smallest absolute Gasteiger partial charge is 0.134 e. The maximum atomic E-state index is 3.82. The topological polar surface area (TPSA) is 37.8 Å².